The molecule has 0 unspecified atom stereocenters. The van der Waals surface area contributed by atoms with Crippen LogP contribution in [-0.4, -0.2) is 77.4 Å². The molecular formula is C14H25N5O3S. The SMILES string of the molecule is CCN(CC)C(=O)N1CCCN(S(=O)(=O)c2cn(C)cn2)CC1. The molecule has 130 valence electrons. The molecule has 0 aliphatic carbocycles. The van der Waals surface area contributed by atoms with Gasteiger partial charge in [0.2, 0.25) is 0 Å². The van der Waals surface area contributed by atoms with Gasteiger partial charge in [-0.25, -0.2) is 18.2 Å². The third-order valence-corrected chi connectivity index (χ3v) is 5.83. The van der Waals surface area contributed by atoms with Crippen LogP contribution in [0, 0.1) is 0 Å². The Morgan fingerprint density at radius 3 is 2.48 bits per heavy atom. The van der Waals surface area contributed by atoms with Crippen molar-refractivity contribution in [3.63, 3.8) is 0 Å². The lowest BCUT2D eigenvalue weighted by atomic mass is 10.4. The number of imidazole rings is 1. The number of amides is 2. The number of nitrogens with zero attached hydrogens (tertiary/aromatic N) is 5. The number of aryl methyl sites for hydroxylation is 1. The van der Waals surface area contributed by atoms with Crippen LogP contribution in [0.2, 0.25) is 0 Å². The molecular weight excluding hydrogens is 318 g/mol. The van der Waals surface area contributed by atoms with Crippen LogP contribution in [0.3, 0.4) is 0 Å². The van der Waals surface area contributed by atoms with Gasteiger partial charge in [-0.1, -0.05) is 0 Å². The predicted octanol–water partition coefficient (Wildman–Crippen LogP) is 0.578. The molecule has 1 aliphatic rings. The molecule has 1 aliphatic heterocycles. The molecule has 0 atom stereocenters. The first-order chi connectivity index (χ1) is 10.9. The van der Waals surface area contributed by atoms with Crippen molar-refractivity contribution < 1.29 is 13.2 Å². The molecule has 0 saturated carbocycles. The fraction of sp³-hybridized carbons (Fsp3) is 0.714. The lowest BCUT2D eigenvalue weighted by Gasteiger charge is -2.28. The summed E-state index contributed by atoms with van der Waals surface area (Å²) in [5.41, 5.74) is 0. The smallest absolute Gasteiger partial charge is 0.320 e. The van der Waals surface area contributed by atoms with Crippen molar-refractivity contribution in [3.8, 4) is 0 Å². The first-order valence-electron chi connectivity index (χ1n) is 7.92. The van der Waals surface area contributed by atoms with E-state index in [-0.39, 0.29) is 11.1 Å². The first-order valence-corrected chi connectivity index (χ1v) is 9.36. The number of rotatable bonds is 4. The van der Waals surface area contributed by atoms with E-state index in [4.69, 9.17) is 0 Å². The van der Waals surface area contributed by atoms with Gasteiger partial charge in [0.25, 0.3) is 10.0 Å². The fourth-order valence-corrected chi connectivity index (χ4v) is 4.11. The molecule has 1 fully saturated rings. The van der Waals surface area contributed by atoms with Crippen molar-refractivity contribution in [2.75, 3.05) is 39.3 Å². The van der Waals surface area contributed by atoms with E-state index >= 15 is 0 Å². The van der Waals surface area contributed by atoms with Crippen molar-refractivity contribution in [2.45, 2.75) is 25.3 Å². The summed E-state index contributed by atoms with van der Waals surface area (Å²) in [4.78, 5) is 19.8. The van der Waals surface area contributed by atoms with Gasteiger partial charge in [0, 0.05) is 52.5 Å². The minimum absolute atomic E-state index is 0.0212. The average Bonchev–Trinajstić information content (AvgIpc) is 2.82. The second kappa shape index (κ2) is 7.31. The summed E-state index contributed by atoms with van der Waals surface area (Å²) in [6, 6.07) is -0.0212. The minimum atomic E-state index is -3.60. The first kappa shape index (κ1) is 17.7. The van der Waals surface area contributed by atoms with E-state index < -0.39 is 10.0 Å². The maximum Gasteiger partial charge on any atom is 0.320 e. The van der Waals surface area contributed by atoms with Gasteiger partial charge in [-0.15, -0.1) is 0 Å². The number of hydrogen-bond acceptors (Lipinski definition) is 4. The molecule has 2 amide bonds. The second-order valence-corrected chi connectivity index (χ2v) is 7.46. The standard InChI is InChI=1S/C14H25N5O3S/c1-4-17(5-2)14(20)18-7-6-8-19(10-9-18)23(21,22)13-11-16(3)12-15-13/h11-12H,4-10H2,1-3H3. The Hall–Kier alpha value is -1.61. The van der Waals surface area contributed by atoms with Crippen LogP contribution in [0.4, 0.5) is 4.79 Å². The van der Waals surface area contributed by atoms with E-state index in [0.717, 1.165) is 0 Å². The van der Waals surface area contributed by atoms with Crippen molar-refractivity contribution >= 4 is 16.1 Å². The van der Waals surface area contributed by atoms with Gasteiger partial charge in [-0.05, 0) is 20.3 Å². The molecule has 1 aromatic heterocycles. The Balaban J connectivity index is 2.08. The zero-order valence-electron chi connectivity index (χ0n) is 14.0. The molecule has 0 radical (unpaired) electrons. The number of hydrogen-bond donors (Lipinski definition) is 0. The Labute approximate surface area is 137 Å². The van der Waals surface area contributed by atoms with Crippen molar-refractivity contribution in [2.24, 2.45) is 7.05 Å². The zero-order chi connectivity index (χ0) is 17.0. The summed E-state index contributed by atoms with van der Waals surface area (Å²) < 4.78 is 28.3. The van der Waals surface area contributed by atoms with Crippen LogP contribution >= 0.6 is 0 Å². The molecule has 0 N–H and O–H groups in total. The highest BCUT2D eigenvalue weighted by Gasteiger charge is 2.30. The number of carbonyl (C=O) groups is 1. The topological polar surface area (TPSA) is 78.8 Å². The van der Waals surface area contributed by atoms with Gasteiger partial charge in [-0.3, -0.25) is 0 Å². The molecule has 0 aromatic carbocycles. The maximum absolute atomic E-state index is 12.6. The Bertz CT molecular complexity index is 639. The average molecular weight is 343 g/mol. The highest BCUT2D eigenvalue weighted by Crippen LogP contribution is 2.16. The Morgan fingerprint density at radius 1 is 1.22 bits per heavy atom. The van der Waals surface area contributed by atoms with Crippen LogP contribution in [-0.2, 0) is 17.1 Å². The van der Waals surface area contributed by atoms with Gasteiger partial charge in [-0.2, -0.15) is 4.31 Å². The summed E-state index contributed by atoms with van der Waals surface area (Å²) in [5, 5.41) is 0.0588. The Kier molecular flexibility index (Phi) is 5.64. The van der Waals surface area contributed by atoms with Gasteiger partial charge in [0.05, 0.1) is 6.33 Å². The van der Waals surface area contributed by atoms with E-state index in [2.05, 4.69) is 4.98 Å². The van der Waals surface area contributed by atoms with Crippen LogP contribution in [0.15, 0.2) is 17.6 Å². The van der Waals surface area contributed by atoms with Crippen molar-refractivity contribution in [3.05, 3.63) is 12.5 Å². The van der Waals surface area contributed by atoms with Crippen LogP contribution < -0.4 is 0 Å². The van der Waals surface area contributed by atoms with Gasteiger partial charge >= 0.3 is 6.03 Å². The number of aromatic nitrogens is 2. The highest BCUT2D eigenvalue weighted by molar-refractivity contribution is 7.89. The molecule has 2 rings (SSSR count). The molecule has 9 heteroatoms. The van der Waals surface area contributed by atoms with Crippen LogP contribution in [0.25, 0.3) is 0 Å². The molecule has 0 spiro atoms. The van der Waals surface area contributed by atoms with Crippen molar-refractivity contribution in [1.82, 2.24) is 23.7 Å². The summed E-state index contributed by atoms with van der Waals surface area (Å²) >= 11 is 0. The van der Waals surface area contributed by atoms with E-state index in [1.807, 2.05) is 13.8 Å². The fourth-order valence-electron chi connectivity index (χ4n) is 2.67. The third kappa shape index (κ3) is 3.84. The molecule has 1 saturated heterocycles. The maximum atomic E-state index is 12.6. The molecule has 8 nitrogen and oxygen atoms in total. The number of urea groups is 1. The number of carbonyl (C=O) groups excluding carboxylic acids is 1. The molecule has 1 aromatic rings. The van der Waals surface area contributed by atoms with E-state index in [1.165, 1.54) is 16.8 Å². The lowest BCUT2D eigenvalue weighted by Crippen LogP contribution is -2.45. The van der Waals surface area contributed by atoms with E-state index in [0.29, 0.717) is 45.7 Å². The van der Waals surface area contributed by atoms with Crippen molar-refractivity contribution in [1.29, 1.82) is 0 Å². The van der Waals surface area contributed by atoms with Gasteiger partial charge < -0.3 is 14.4 Å². The monoisotopic (exact) mass is 343 g/mol. The van der Waals surface area contributed by atoms with E-state index in [1.54, 1.807) is 21.4 Å². The van der Waals surface area contributed by atoms with Crippen LogP contribution in [0.1, 0.15) is 20.3 Å². The summed E-state index contributed by atoms with van der Waals surface area (Å²) in [7, 11) is -1.86. The minimum Gasteiger partial charge on any atom is -0.339 e. The second-order valence-electron chi connectivity index (χ2n) is 5.58. The Morgan fingerprint density at radius 2 is 1.91 bits per heavy atom. The zero-order valence-corrected chi connectivity index (χ0v) is 14.8. The van der Waals surface area contributed by atoms with E-state index in [9.17, 15) is 13.2 Å². The molecule has 2 heterocycles. The molecule has 23 heavy (non-hydrogen) atoms. The van der Waals surface area contributed by atoms with Gasteiger partial charge in [0.15, 0.2) is 5.03 Å². The quantitative estimate of drug-likeness (QED) is 0.801. The van der Waals surface area contributed by atoms with Crippen LogP contribution in [0.5, 0.6) is 0 Å². The normalized spacial score (nSPS) is 17.1. The number of sulfonamides is 1. The lowest BCUT2D eigenvalue weighted by molar-refractivity contribution is 0.159. The highest BCUT2D eigenvalue weighted by atomic mass is 32.2. The predicted molar refractivity (Wildman–Crippen MR) is 86.5 cm³/mol. The third-order valence-electron chi connectivity index (χ3n) is 4.04. The summed E-state index contributed by atoms with van der Waals surface area (Å²) in [5.74, 6) is 0. The molecule has 0 bridgehead atoms. The van der Waals surface area contributed by atoms with Gasteiger partial charge in [0.1, 0.15) is 0 Å². The summed E-state index contributed by atoms with van der Waals surface area (Å²) in [6.07, 6.45) is 3.60. The summed E-state index contributed by atoms with van der Waals surface area (Å²) in [6.45, 7) is 6.87. The largest absolute Gasteiger partial charge is 0.339 e.